The molecule has 1 heterocycles. The maximum Gasteiger partial charge on any atom is 0.191 e. The minimum Gasteiger partial charge on any atom is -0.497 e. The third-order valence-corrected chi connectivity index (χ3v) is 4.66. The highest BCUT2D eigenvalue weighted by Crippen LogP contribution is 2.19. The number of aliphatic hydroxyl groups excluding tert-OH is 1. The molecule has 148 valence electrons. The van der Waals surface area contributed by atoms with Crippen LogP contribution in [-0.4, -0.2) is 61.8 Å². The van der Waals surface area contributed by atoms with Crippen LogP contribution in [0.25, 0.3) is 0 Å². The van der Waals surface area contributed by atoms with Crippen LogP contribution in [0.2, 0.25) is 0 Å². The lowest BCUT2D eigenvalue weighted by molar-refractivity contribution is 0.186. The number of methoxy groups -OCH3 is 1. The molecule has 1 aromatic carbocycles. The van der Waals surface area contributed by atoms with Crippen molar-refractivity contribution >= 4 is 29.9 Å². The molecule has 1 fully saturated rings. The molecule has 2 unspecified atom stereocenters. The van der Waals surface area contributed by atoms with Crippen molar-refractivity contribution in [2.24, 2.45) is 4.99 Å². The topological polar surface area (TPSA) is 69.1 Å². The van der Waals surface area contributed by atoms with Crippen LogP contribution >= 0.6 is 24.0 Å². The molecule has 2 rings (SSSR count). The van der Waals surface area contributed by atoms with Crippen LogP contribution in [-0.2, 0) is 0 Å². The van der Waals surface area contributed by atoms with E-state index in [0.29, 0.717) is 12.6 Å². The first kappa shape index (κ1) is 23.0. The molecular formula is C19H33IN4O2. The van der Waals surface area contributed by atoms with Gasteiger partial charge in [-0.1, -0.05) is 19.1 Å². The number of ether oxygens (including phenoxy) is 1. The monoisotopic (exact) mass is 476 g/mol. The lowest BCUT2D eigenvalue weighted by Crippen LogP contribution is -2.45. The Morgan fingerprint density at radius 3 is 2.88 bits per heavy atom. The first-order chi connectivity index (χ1) is 12.2. The zero-order valence-corrected chi connectivity index (χ0v) is 18.4. The van der Waals surface area contributed by atoms with Gasteiger partial charge in [0.2, 0.25) is 0 Å². The molecule has 0 aliphatic carbocycles. The summed E-state index contributed by atoms with van der Waals surface area (Å²) in [6, 6.07) is 8.05. The Morgan fingerprint density at radius 1 is 1.38 bits per heavy atom. The van der Waals surface area contributed by atoms with Gasteiger partial charge in [-0.2, -0.15) is 0 Å². The van der Waals surface area contributed by atoms with Gasteiger partial charge in [0.25, 0.3) is 0 Å². The van der Waals surface area contributed by atoms with E-state index >= 15 is 0 Å². The third-order valence-electron chi connectivity index (χ3n) is 4.66. The molecule has 1 aromatic rings. The smallest absolute Gasteiger partial charge is 0.191 e. The fraction of sp³-hybridized carbons (Fsp3) is 0.632. The predicted octanol–water partition coefficient (Wildman–Crippen LogP) is 2.39. The molecule has 7 heteroatoms. The minimum absolute atomic E-state index is 0. The maximum absolute atomic E-state index is 10.4. The molecule has 2 atom stereocenters. The number of benzene rings is 1. The lowest BCUT2D eigenvalue weighted by atomic mass is 10.1. The zero-order valence-electron chi connectivity index (χ0n) is 16.1. The van der Waals surface area contributed by atoms with Crippen LogP contribution in [0.1, 0.15) is 38.4 Å². The number of hydrogen-bond acceptors (Lipinski definition) is 4. The van der Waals surface area contributed by atoms with Gasteiger partial charge in [0.05, 0.1) is 19.8 Å². The van der Waals surface area contributed by atoms with Crippen molar-refractivity contribution in [3.8, 4) is 5.75 Å². The van der Waals surface area contributed by atoms with E-state index in [1.165, 1.54) is 19.4 Å². The van der Waals surface area contributed by atoms with Gasteiger partial charge < -0.3 is 20.5 Å². The van der Waals surface area contributed by atoms with Crippen molar-refractivity contribution in [2.75, 3.05) is 39.8 Å². The summed E-state index contributed by atoms with van der Waals surface area (Å²) < 4.78 is 5.21. The van der Waals surface area contributed by atoms with Gasteiger partial charge in [0, 0.05) is 19.1 Å². The number of rotatable bonds is 8. The number of likely N-dealkylation sites (tertiary alicyclic amines) is 1. The number of nitrogens with one attached hydrogen (secondary N) is 2. The van der Waals surface area contributed by atoms with Gasteiger partial charge >= 0.3 is 0 Å². The second-order valence-electron chi connectivity index (χ2n) is 6.32. The van der Waals surface area contributed by atoms with Crippen molar-refractivity contribution in [3.63, 3.8) is 0 Å². The van der Waals surface area contributed by atoms with Gasteiger partial charge in [0.1, 0.15) is 5.75 Å². The normalized spacial score (nSPS) is 18.9. The molecule has 0 radical (unpaired) electrons. The molecule has 0 spiro atoms. The average molecular weight is 476 g/mol. The van der Waals surface area contributed by atoms with Crippen LogP contribution in [0.5, 0.6) is 5.75 Å². The van der Waals surface area contributed by atoms with Crippen LogP contribution in [0.4, 0.5) is 0 Å². The summed E-state index contributed by atoms with van der Waals surface area (Å²) in [5.74, 6) is 1.50. The summed E-state index contributed by atoms with van der Waals surface area (Å²) in [5, 5.41) is 17.1. The van der Waals surface area contributed by atoms with Gasteiger partial charge in [-0.3, -0.25) is 9.89 Å². The van der Waals surface area contributed by atoms with E-state index in [1.807, 2.05) is 31.2 Å². The van der Waals surface area contributed by atoms with Gasteiger partial charge in [0.15, 0.2) is 5.96 Å². The Labute approximate surface area is 174 Å². The van der Waals surface area contributed by atoms with Crippen LogP contribution in [0.3, 0.4) is 0 Å². The van der Waals surface area contributed by atoms with E-state index < -0.39 is 6.10 Å². The number of likely N-dealkylation sites (N-methyl/N-ethyl adjacent to an activating group) is 1. The molecule has 1 aliphatic rings. The number of hydrogen-bond donors (Lipinski definition) is 3. The Morgan fingerprint density at radius 2 is 2.19 bits per heavy atom. The van der Waals surface area contributed by atoms with E-state index in [1.54, 1.807) is 7.11 Å². The highest BCUT2D eigenvalue weighted by Gasteiger charge is 2.22. The zero-order chi connectivity index (χ0) is 18.1. The molecular weight excluding hydrogens is 443 g/mol. The maximum atomic E-state index is 10.4. The Kier molecular flexibility index (Phi) is 10.9. The lowest BCUT2D eigenvalue weighted by Gasteiger charge is -2.24. The van der Waals surface area contributed by atoms with Gasteiger partial charge in [-0.05, 0) is 50.6 Å². The highest BCUT2D eigenvalue weighted by molar-refractivity contribution is 14.0. The molecule has 0 amide bonds. The molecule has 0 bridgehead atoms. The van der Waals surface area contributed by atoms with E-state index in [0.717, 1.165) is 36.9 Å². The van der Waals surface area contributed by atoms with Crippen molar-refractivity contribution in [3.05, 3.63) is 29.8 Å². The second-order valence-corrected chi connectivity index (χ2v) is 6.32. The van der Waals surface area contributed by atoms with E-state index in [4.69, 9.17) is 4.74 Å². The average Bonchev–Trinajstić information content (AvgIpc) is 3.11. The standard InChI is InChI=1S/C19H32N4O2.HI/c1-4-20-19(21-13-16-9-7-11-23(16)5-2)22-14-18(24)15-8-6-10-17(12-15)25-3;/h6,8,10,12,16,18,24H,4-5,7,9,11,13-14H2,1-3H3,(H2,20,21,22);1H. The summed E-state index contributed by atoms with van der Waals surface area (Å²) in [5.41, 5.74) is 0.812. The second kappa shape index (κ2) is 12.3. The number of nitrogens with zero attached hydrogens (tertiary/aromatic N) is 2. The van der Waals surface area contributed by atoms with Crippen molar-refractivity contribution in [2.45, 2.75) is 38.8 Å². The summed E-state index contributed by atoms with van der Waals surface area (Å²) >= 11 is 0. The first-order valence-electron chi connectivity index (χ1n) is 9.26. The summed E-state index contributed by atoms with van der Waals surface area (Å²) in [6.45, 7) is 8.52. The number of guanidine groups is 1. The van der Waals surface area contributed by atoms with E-state index in [2.05, 4.69) is 27.4 Å². The molecule has 26 heavy (non-hydrogen) atoms. The molecule has 1 aliphatic heterocycles. The van der Waals surface area contributed by atoms with Crippen molar-refractivity contribution in [1.82, 2.24) is 15.5 Å². The molecule has 0 aromatic heterocycles. The first-order valence-corrected chi connectivity index (χ1v) is 9.26. The van der Waals surface area contributed by atoms with Crippen LogP contribution < -0.4 is 15.4 Å². The Hall–Kier alpha value is -1.06. The minimum atomic E-state index is -0.649. The number of aliphatic hydroxyl groups is 1. The molecule has 1 saturated heterocycles. The van der Waals surface area contributed by atoms with Crippen LogP contribution in [0, 0.1) is 0 Å². The van der Waals surface area contributed by atoms with Crippen molar-refractivity contribution in [1.29, 1.82) is 0 Å². The van der Waals surface area contributed by atoms with Gasteiger partial charge in [-0.15, -0.1) is 24.0 Å². The van der Waals surface area contributed by atoms with Gasteiger partial charge in [-0.25, -0.2) is 0 Å². The summed E-state index contributed by atoms with van der Waals surface area (Å²) in [4.78, 5) is 7.04. The van der Waals surface area contributed by atoms with E-state index in [-0.39, 0.29) is 24.0 Å². The summed E-state index contributed by atoms with van der Waals surface area (Å²) in [7, 11) is 1.62. The van der Waals surface area contributed by atoms with E-state index in [9.17, 15) is 5.11 Å². The van der Waals surface area contributed by atoms with Crippen LogP contribution in [0.15, 0.2) is 29.3 Å². The number of aliphatic imine (C=N–C) groups is 1. The predicted molar refractivity (Wildman–Crippen MR) is 118 cm³/mol. The van der Waals surface area contributed by atoms with Crippen molar-refractivity contribution < 1.29 is 9.84 Å². The fourth-order valence-electron chi connectivity index (χ4n) is 3.23. The quantitative estimate of drug-likeness (QED) is 0.306. The number of halogens is 1. The Balaban J connectivity index is 0.00000338. The SMILES string of the molecule is CCNC(=NCC(O)c1cccc(OC)c1)NCC1CCCN1CC.I. The molecule has 6 nitrogen and oxygen atoms in total. The fourth-order valence-corrected chi connectivity index (χ4v) is 3.23. The highest BCUT2D eigenvalue weighted by atomic mass is 127. The Bertz CT molecular complexity index is 556. The molecule has 0 saturated carbocycles. The summed E-state index contributed by atoms with van der Waals surface area (Å²) in [6.07, 6.45) is 1.85. The molecule has 3 N–H and O–H groups in total. The largest absolute Gasteiger partial charge is 0.497 e. The third kappa shape index (κ3) is 6.92.